The number of amides is 1. The standard InChI is InChI=1S/C26H24N2O4S/c1-4-31-26(30)23-17(2)18(3)33-25(23)28-24(29)21(15-27)13-20-11-8-12-22(14-20)32-16-19-9-6-5-7-10-19/h5-14H,4,16H2,1-3H3,(H,28,29). The number of thiophene rings is 1. The van der Waals surface area contributed by atoms with Gasteiger partial charge in [-0.25, -0.2) is 4.79 Å². The molecule has 168 valence electrons. The summed E-state index contributed by atoms with van der Waals surface area (Å²) in [5, 5.41) is 12.7. The van der Waals surface area contributed by atoms with Crippen molar-refractivity contribution in [2.75, 3.05) is 11.9 Å². The molecule has 0 bridgehead atoms. The van der Waals surface area contributed by atoms with Crippen LogP contribution in [-0.4, -0.2) is 18.5 Å². The van der Waals surface area contributed by atoms with Crippen molar-refractivity contribution in [2.45, 2.75) is 27.4 Å². The molecule has 0 aliphatic carbocycles. The van der Waals surface area contributed by atoms with E-state index < -0.39 is 11.9 Å². The van der Waals surface area contributed by atoms with Crippen LogP contribution in [0.4, 0.5) is 5.00 Å². The lowest BCUT2D eigenvalue weighted by atomic mass is 10.1. The van der Waals surface area contributed by atoms with Crippen LogP contribution in [-0.2, 0) is 16.1 Å². The van der Waals surface area contributed by atoms with Crippen LogP contribution >= 0.6 is 11.3 Å². The average molecular weight is 461 g/mol. The maximum Gasteiger partial charge on any atom is 0.341 e. The third-order valence-electron chi connectivity index (χ3n) is 4.87. The van der Waals surface area contributed by atoms with E-state index >= 15 is 0 Å². The highest BCUT2D eigenvalue weighted by molar-refractivity contribution is 7.16. The molecule has 2 aromatic carbocycles. The Hall–Kier alpha value is -3.89. The molecule has 0 saturated heterocycles. The zero-order chi connectivity index (χ0) is 23.8. The highest BCUT2D eigenvalue weighted by atomic mass is 32.1. The molecule has 0 aliphatic rings. The van der Waals surface area contributed by atoms with Crippen LogP contribution in [0.3, 0.4) is 0 Å². The molecule has 0 saturated carbocycles. The first-order chi connectivity index (χ1) is 15.9. The maximum atomic E-state index is 12.8. The molecule has 7 heteroatoms. The average Bonchev–Trinajstić information content (AvgIpc) is 3.09. The first-order valence-corrected chi connectivity index (χ1v) is 11.2. The minimum absolute atomic E-state index is 0.0891. The lowest BCUT2D eigenvalue weighted by Crippen LogP contribution is -2.16. The Kier molecular flexibility index (Phi) is 8.01. The quantitative estimate of drug-likeness (QED) is 0.266. The summed E-state index contributed by atoms with van der Waals surface area (Å²) in [4.78, 5) is 26.1. The van der Waals surface area contributed by atoms with Crippen molar-refractivity contribution >= 4 is 34.3 Å². The number of ether oxygens (including phenoxy) is 2. The fourth-order valence-electron chi connectivity index (χ4n) is 3.08. The second-order valence-corrected chi connectivity index (χ2v) is 8.40. The highest BCUT2D eigenvalue weighted by Crippen LogP contribution is 2.33. The van der Waals surface area contributed by atoms with E-state index in [-0.39, 0.29) is 12.2 Å². The van der Waals surface area contributed by atoms with Gasteiger partial charge < -0.3 is 14.8 Å². The van der Waals surface area contributed by atoms with Crippen molar-refractivity contribution in [1.82, 2.24) is 0 Å². The van der Waals surface area contributed by atoms with Crippen LogP contribution in [0.15, 0.2) is 60.2 Å². The van der Waals surface area contributed by atoms with Crippen LogP contribution < -0.4 is 10.1 Å². The van der Waals surface area contributed by atoms with Crippen LogP contribution in [0.5, 0.6) is 5.75 Å². The van der Waals surface area contributed by atoms with Crippen molar-refractivity contribution in [2.24, 2.45) is 0 Å². The normalized spacial score (nSPS) is 10.9. The molecule has 1 N–H and O–H groups in total. The van der Waals surface area contributed by atoms with Crippen molar-refractivity contribution < 1.29 is 19.1 Å². The molecule has 6 nitrogen and oxygen atoms in total. The number of carbonyl (C=O) groups is 2. The fraction of sp³-hybridized carbons (Fsp3) is 0.192. The van der Waals surface area contributed by atoms with Crippen LogP contribution in [0, 0.1) is 25.2 Å². The van der Waals surface area contributed by atoms with Gasteiger partial charge in [0.1, 0.15) is 29.0 Å². The first kappa shape index (κ1) is 23.8. The number of benzene rings is 2. The number of nitrogens with one attached hydrogen (secondary N) is 1. The molecule has 0 fully saturated rings. The Morgan fingerprint density at radius 1 is 1.12 bits per heavy atom. The Balaban J connectivity index is 1.77. The summed E-state index contributed by atoms with van der Waals surface area (Å²) in [5.74, 6) is -0.472. The Bertz CT molecular complexity index is 1220. The smallest absolute Gasteiger partial charge is 0.341 e. The van der Waals surface area contributed by atoms with E-state index in [9.17, 15) is 14.9 Å². The molecule has 0 spiro atoms. The molecule has 1 aromatic heterocycles. The van der Waals surface area contributed by atoms with Crippen LogP contribution in [0.25, 0.3) is 6.08 Å². The first-order valence-electron chi connectivity index (χ1n) is 10.4. The molecule has 3 aromatic rings. The summed E-state index contributed by atoms with van der Waals surface area (Å²) in [6.07, 6.45) is 1.49. The number of rotatable bonds is 8. The van der Waals surface area contributed by atoms with Gasteiger partial charge in [-0.05, 0) is 55.7 Å². The van der Waals surface area contributed by atoms with E-state index in [0.717, 1.165) is 16.0 Å². The van der Waals surface area contributed by atoms with E-state index in [1.165, 1.54) is 17.4 Å². The SMILES string of the molecule is CCOC(=O)c1c(NC(=O)C(C#N)=Cc2cccc(OCc3ccccc3)c2)sc(C)c1C. The third kappa shape index (κ3) is 6.09. The third-order valence-corrected chi connectivity index (χ3v) is 6.00. The van der Waals surface area contributed by atoms with Crippen molar-refractivity contribution in [3.8, 4) is 11.8 Å². The molecule has 0 atom stereocenters. The van der Waals surface area contributed by atoms with Gasteiger partial charge in [0, 0.05) is 4.88 Å². The maximum absolute atomic E-state index is 12.8. The van der Waals surface area contributed by atoms with Crippen molar-refractivity contribution in [3.63, 3.8) is 0 Å². The number of nitriles is 1. The zero-order valence-corrected chi connectivity index (χ0v) is 19.5. The monoisotopic (exact) mass is 460 g/mol. The van der Waals surface area contributed by atoms with Gasteiger partial charge in [0.05, 0.1) is 12.2 Å². The largest absolute Gasteiger partial charge is 0.489 e. The number of hydrogen-bond acceptors (Lipinski definition) is 6. The molecule has 0 radical (unpaired) electrons. The van der Waals surface area contributed by atoms with Gasteiger partial charge in [0.2, 0.25) is 0 Å². The molecule has 33 heavy (non-hydrogen) atoms. The molecule has 1 heterocycles. The lowest BCUT2D eigenvalue weighted by molar-refractivity contribution is -0.112. The van der Waals surface area contributed by atoms with Gasteiger partial charge in [-0.15, -0.1) is 11.3 Å². The minimum atomic E-state index is -0.597. The number of nitrogens with zero attached hydrogens (tertiary/aromatic N) is 1. The number of esters is 1. The number of aryl methyl sites for hydroxylation is 1. The summed E-state index contributed by atoms with van der Waals surface area (Å²) in [6.45, 7) is 6.02. The Morgan fingerprint density at radius 3 is 2.58 bits per heavy atom. The topological polar surface area (TPSA) is 88.4 Å². The van der Waals surface area contributed by atoms with Gasteiger partial charge in [0.15, 0.2) is 0 Å². The van der Waals surface area contributed by atoms with Gasteiger partial charge in [-0.2, -0.15) is 5.26 Å². The molecule has 3 rings (SSSR count). The van der Waals surface area contributed by atoms with Crippen LogP contribution in [0.2, 0.25) is 0 Å². The van der Waals surface area contributed by atoms with Gasteiger partial charge in [-0.3, -0.25) is 4.79 Å². The van der Waals surface area contributed by atoms with Gasteiger partial charge in [0.25, 0.3) is 5.91 Å². The van der Waals surface area contributed by atoms with Gasteiger partial charge in [-0.1, -0.05) is 42.5 Å². The van der Waals surface area contributed by atoms with E-state index in [1.54, 1.807) is 32.0 Å². The van der Waals surface area contributed by atoms with Crippen molar-refractivity contribution in [1.29, 1.82) is 5.26 Å². The number of hydrogen-bond donors (Lipinski definition) is 1. The molecular weight excluding hydrogens is 436 g/mol. The zero-order valence-electron chi connectivity index (χ0n) is 18.7. The Labute approximate surface area is 197 Å². The van der Waals surface area contributed by atoms with Crippen molar-refractivity contribution in [3.05, 3.63) is 87.3 Å². The molecular formula is C26H24N2O4S. The summed E-state index contributed by atoms with van der Waals surface area (Å²) in [5.41, 5.74) is 2.67. The predicted octanol–water partition coefficient (Wildman–Crippen LogP) is 5.67. The van der Waals surface area contributed by atoms with E-state index in [4.69, 9.17) is 9.47 Å². The molecule has 1 amide bonds. The predicted molar refractivity (Wildman–Crippen MR) is 129 cm³/mol. The summed E-state index contributed by atoms with van der Waals surface area (Å²) < 4.78 is 10.9. The minimum Gasteiger partial charge on any atom is -0.489 e. The molecule has 0 unspecified atom stereocenters. The number of carbonyl (C=O) groups excluding carboxylic acids is 2. The second kappa shape index (κ2) is 11.1. The highest BCUT2D eigenvalue weighted by Gasteiger charge is 2.23. The Morgan fingerprint density at radius 2 is 1.88 bits per heavy atom. The second-order valence-electron chi connectivity index (χ2n) is 7.18. The lowest BCUT2D eigenvalue weighted by Gasteiger charge is -2.08. The summed E-state index contributed by atoms with van der Waals surface area (Å²) in [7, 11) is 0. The number of anilines is 1. The van der Waals surface area contributed by atoms with Gasteiger partial charge >= 0.3 is 5.97 Å². The summed E-state index contributed by atoms with van der Waals surface area (Å²) in [6, 6.07) is 18.9. The van der Waals surface area contributed by atoms with E-state index in [0.29, 0.717) is 28.5 Å². The fourth-order valence-corrected chi connectivity index (χ4v) is 4.13. The summed E-state index contributed by atoms with van der Waals surface area (Å²) >= 11 is 1.28. The molecule has 0 aliphatic heterocycles. The van der Waals surface area contributed by atoms with E-state index in [1.807, 2.05) is 49.4 Å². The van der Waals surface area contributed by atoms with Crippen LogP contribution in [0.1, 0.15) is 38.8 Å². The van der Waals surface area contributed by atoms with E-state index in [2.05, 4.69) is 5.32 Å².